The quantitative estimate of drug-likeness (QED) is 0.663. The number of likely N-dealkylation sites (tertiary alicyclic amines) is 1. The van der Waals surface area contributed by atoms with Crippen LogP contribution in [0.1, 0.15) is 32.6 Å². The van der Waals surface area contributed by atoms with Gasteiger partial charge in [0.25, 0.3) is 0 Å². The van der Waals surface area contributed by atoms with E-state index >= 15 is 0 Å². The topological polar surface area (TPSA) is 15.7 Å². The van der Waals surface area contributed by atoms with E-state index in [-0.39, 0.29) is 0 Å². The van der Waals surface area contributed by atoms with Gasteiger partial charge in [0.2, 0.25) is 8.32 Å². The molecule has 0 radical (unpaired) electrons. The van der Waals surface area contributed by atoms with E-state index in [2.05, 4.69) is 43.9 Å². The molecule has 0 aliphatic carbocycles. The lowest BCUT2D eigenvalue weighted by atomic mass is 10.1. The van der Waals surface area contributed by atoms with E-state index in [0.29, 0.717) is 5.67 Å². The molecule has 1 rings (SSSR count). The Kier molecular flexibility index (Phi) is 6.85. The van der Waals surface area contributed by atoms with Crippen molar-refractivity contribution in [1.29, 1.82) is 0 Å². The third kappa shape index (κ3) is 5.00. The lowest BCUT2D eigenvalue weighted by Crippen LogP contribution is -2.56. The highest BCUT2D eigenvalue weighted by Gasteiger charge is 2.36. The van der Waals surface area contributed by atoms with Gasteiger partial charge in [0.1, 0.15) is 0 Å². The molecular formula is C14H32N2OSi. The van der Waals surface area contributed by atoms with Crippen molar-refractivity contribution in [1.82, 2.24) is 9.80 Å². The van der Waals surface area contributed by atoms with Gasteiger partial charge in [0.15, 0.2) is 0 Å². The minimum atomic E-state index is -1.59. The lowest BCUT2D eigenvalue weighted by molar-refractivity contribution is 0.168. The van der Waals surface area contributed by atoms with Gasteiger partial charge in [0.05, 0.1) is 0 Å². The molecule has 1 unspecified atom stereocenters. The molecule has 1 fully saturated rings. The van der Waals surface area contributed by atoms with Crippen molar-refractivity contribution in [3.05, 3.63) is 0 Å². The zero-order chi connectivity index (χ0) is 13.6. The van der Waals surface area contributed by atoms with Crippen molar-refractivity contribution >= 4 is 8.32 Å². The Morgan fingerprint density at radius 2 is 1.78 bits per heavy atom. The summed E-state index contributed by atoms with van der Waals surface area (Å²) in [4.78, 5) is 4.90. The highest BCUT2D eigenvalue weighted by molar-refractivity contribution is 6.72. The molecule has 1 aliphatic heterocycles. The zero-order valence-corrected chi connectivity index (χ0v) is 14.0. The fourth-order valence-electron chi connectivity index (χ4n) is 3.01. The monoisotopic (exact) mass is 272 g/mol. The lowest BCUT2D eigenvalue weighted by Gasteiger charge is -2.42. The zero-order valence-electron chi connectivity index (χ0n) is 13.0. The molecule has 1 aliphatic rings. The molecule has 1 saturated heterocycles. The molecule has 0 spiro atoms. The van der Waals surface area contributed by atoms with E-state index in [0.717, 1.165) is 13.2 Å². The maximum absolute atomic E-state index is 6.30. The predicted octanol–water partition coefficient (Wildman–Crippen LogP) is 2.57. The van der Waals surface area contributed by atoms with Gasteiger partial charge in [0, 0.05) is 18.8 Å². The van der Waals surface area contributed by atoms with Crippen LogP contribution in [0.3, 0.4) is 0 Å². The summed E-state index contributed by atoms with van der Waals surface area (Å²) in [6.07, 6.45) is 5.40. The average Bonchev–Trinajstić information content (AvgIpc) is 2.30. The molecule has 108 valence electrons. The Hall–Kier alpha value is 0.0969. The molecule has 1 heterocycles. The Labute approximate surface area is 115 Å². The summed E-state index contributed by atoms with van der Waals surface area (Å²) in [5, 5.41) is 0. The first kappa shape index (κ1) is 16.2. The Bertz CT molecular complexity index is 228. The molecule has 0 amide bonds. The van der Waals surface area contributed by atoms with Crippen LogP contribution >= 0.6 is 0 Å². The summed E-state index contributed by atoms with van der Waals surface area (Å²) in [7, 11) is 2.63. The summed E-state index contributed by atoms with van der Waals surface area (Å²) in [6.45, 7) is 11.6. The van der Waals surface area contributed by atoms with Gasteiger partial charge in [-0.15, -0.1) is 0 Å². The van der Waals surface area contributed by atoms with Crippen LogP contribution in [0.2, 0.25) is 13.1 Å². The van der Waals surface area contributed by atoms with Gasteiger partial charge in [-0.3, -0.25) is 0 Å². The molecule has 1 atom stereocenters. The van der Waals surface area contributed by atoms with Gasteiger partial charge < -0.3 is 14.2 Å². The molecule has 0 aromatic carbocycles. The first-order valence-corrected chi connectivity index (χ1v) is 10.5. The van der Waals surface area contributed by atoms with Gasteiger partial charge in [-0.05, 0) is 59.5 Å². The highest BCUT2D eigenvalue weighted by atomic mass is 28.4. The number of rotatable bonds is 7. The van der Waals surface area contributed by atoms with E-state index in [1.165, 1.54) is 38.8 Å². The van der Waals surface area contributed by atoms with Crippen LogP contribution in [0.4, 0.5) is 0 Å². The Balaban J connectivity index is 2.49. The van der Waals surface area contributed by atoms with Gasteiger partial charge in [-0.2, -0.15) is 0 Å². The molecule has 3 nitrogen and oxygen atoms in total. The van der Waals surface area contributed by atoms with Crippen LogP contribution in [0, 0.1) is 0 Å². The standard InChI is InChI=1S/C14H32N2OSi/c1-6-14(16-10-8-7-9-11-16)18(4,5)17-13-12-15(2)3/h14H,6-13H2,1-5H3. The smallest absolute Gasteiger partial charge is 0.203 e. The van der Waals surface area contributed by atoms with E-state index in [1.54, 1.807) is 0 Å². The Morgan fingerprint density at radius 1 is 1.17 bits per heavy atom. The molecule has 4 heteroatoms. The predicted molar refractivity (Wildman–Crippen MR) is 81.5 cm³/mol. The number of piperidine rings is 1. The number of likely N-dealkylation sites (N-methyl/N-ethyl adjacent to an activating group) is 1. The SMILES string of the molecule is CCC(N1CCCCC1)[Si](C)(C)OCCN(C)C. The van der Waals surface area contributed by atoms with Gasteiger partial charge >= 0.3 is 0 Å². The first-order valence-electron chi connectivity index (χ1n) is 7.50. The highest BCUT2D eigenvalue weighted by Crippen LogP contribution is 2.23. The van der Waals surface area contributed by atoms with E-state index in [1.807, 2.05) is 0 Å². The van der Waals surface area contributed by atoms with Crippen LogP contribution in [0.5, 0.6) is 0 Å². The molecule has 0 aromatic rings. The normalized spacial score (nSPS) is 20.3. The maximum Gasteiger partial charge on any atom is 0.203 e. The molecule has 0 saturated carbocycles. The second-order valence-corrected chi connectivity index (χ2v) is 10.4. The molecule has 18 heavy (non-hydrogen) atoms. The summed E-state index contributed by atoms with van der Waals surface area (Å²) in [5.74, 6) is 0. The van der Waals surface area contributed by atoms with Crippen molar-refractivity contribution in [2.75, 3.05) is 40.3 Å². The number of hydrogen-bond acceptors (Lipinski definition) is 3. The second-order valence-electron chi connectivity index (χ2n) is 6.28. The van der Waals surface area contributed by atoms with Crippen LogP contribution in [-0.4, -0.2) is 64.1 Å². The number of nitrogens with zero attached hydrogens (tertiary/aromatic N) is 2. The van der Waals surface area contributed by atoms with E-state index in [9.17, 15) is 0 Å². The van der Waals surface area contributed by atoms with Crippen LogP contribution in [-0.2, 0) is 4.43 Å². The van der Waals surface area contributed by atoms with Crippen molar-refractivity contribution in [3.63, 3.8) is 0 Å². The summed E-state index contributed by atoms with van der Waals surface area (Å²) < 4.78 is 6.30. The summed E-state index contributed by atoms with van der Waals surface area (Å²) >= 11 is 0. The van der Waals surface area contributed by atoms with Crippen molar-refractivity contribution in [3.8, 4) is 0 Å². The van der Waals surface area contributed by atoms with Crippen LogP contribution in [0.25, 0.3) is 0 Å². The average molecular weight is 273 g/mol. The Morgan fingerprint density at radius 3 is 2.28 bits per heavy atom. The van der Waals surface area contributed by atoms with Crippen molar-refractivity contribution < 1.29 is 4.43 Å². The van der Waals surface area contributed by atoms with E-state index in [4.69, 9.17) is 4.43 Å². The van der Waals surface area contributed by atoms with Gasteiger partial charge in [-0.25, -0.2) is 0 Å². The fraction of sp³-hybridized carbons (Fsp3) is 1.00. The van der Waals surface area contributed by atoms with Crippen LogP contribution < -0.4 is 0 Å². The fourth-order valence-corrected chi connectivity index (χ4v) is 5.94. The minimum absolute atomic E-state index is 0.694. The maximum atomic E-state index is 6.30. The molecule has 0 N–H and O–H groups in total. The first-order chi connectivity index (χ1) is 8.47. The summed E-state index contributed by atoms with van der Waals surface area (Å²) in [5.41, 5.74) is 0.694. The summed E-state index contributed by atoms with van der Waals surface area (Å²) in [6, 6.07) is 0. The second kappa shape index (κ2) is 7.63. The molecular weight excluding hydrogens is 240 g/mol. The largest absolute Gasteiger partial charge is 0.414 e. The van der Waals surface area contributed by atoms with Crippen LogP contribution in [0.15, 0.2) is 0 Å². The van der Waals surface area contributed by atoms with Crippen molar-refractivity contribution in [2.45, 2.75) is 51.4 Å². The molecule has 0 aromatic heterocycles. The minimum Gasteiger partial charge on any atom is -0.414 e. The third-order valence-corrected chi connectivity index (χ3v) is 7.36. The van der Waals surface area contributed by atoms with E-state index < -0.39 is 8.32 Å². The third-order valence-electron chi connectivity index (χ3n) is 4.03. The van der Waals surface area contributed by atoms with Gasteiger partial charge in [-0.1, -0.05) is 13.3 Å². The van der Waals surface area contributed by atoms with Crippen molar-refractivity contribution in [2.24, 2.45) is 0 Å². The number of hydrogen-bond donors (Lipinski definition) is 0. The molecule has 0 bridgehead atoms.